The Morgan fingerprint density at radius 3 is 2.68 bits per heavy atom. The van der Waals surface area contributed by atoms with Crippen molar-refractivity contribution < 1.29 is 14.3 Å². The summed E-state index contributed by atoms with van der Waals surface area (Å²) in [5, 5.41) is 2.98. The van der Waals surface area contributed by atoms with Gasteiger partial charge in [-0.25, -0.2) is 4.79 Å². The Hall–Kier alpha value is -2.27. The molecule has 0 aliphatic heterocycles. The summed E-state index contributed by atoms with van der Waals surface area (Å²) in [5.41, 5.74) is 2.90. The molecule has 1 aliphatic rings. The van der Waals surface area contributed by atoms with Crippen LogP contribution in [-0.4, -0.2) is 24.7 Å². The molecule has 1 atom stereocenters. The first-order chi connectivity index (χ1) is 12.2. The van der Waals surface area contributed by atoms with E-state index in [0.29, 0.717) is 5.56 Å². The number of hydrogen-bond donors (Lipinski definition) is 1. The van der Waals surface area contributed by atoms with Gasteiger partial charge in [-0.1, -0.05) is 24.3 Å². The first-order valence-electron chi connectivity index (χ1n) is 8.35. The third-order valence-electron chi connectivity index (χ3n) is 4.36. The van der Waals surface area contributed by atoms with Crippen molar-refractivity contribution in [2.45, 2.75) is 30.2 Å². The van der Waals surface area contributed by atoms with Gasteiger partial charge in [-0.05, 0) is 60.9 Å². The normalized spacial score (nSPS) is 16.0. The van der Waals surface area contributed by atoms with Gasteiger partial charge in [0.15, 0.2) is 6.61 Å². The molecule has 0 saturated heterocycles. The summed E-state index contributed by atoms with van der Waals surface area (Å²) in [5.74, 6) is -0.748. The van der Waals surface area contributed by atoms with Gasteiger partial charge in [0.25, 0.3) is 5.91 Å². The molecule has 0 radical (unpaired) electrons. The number of nitrogens with one attached hydrogen (secondary N) is 1. The Kier molecular flexibility index (Phi) is 5.76. The van der Waals surface area contributed by atoms with Crippen molar-refractivity contribution in [3.63, 3.8) is 0 Å². The zero-order valence-corrected chi connectivity index (χ0v) is 15.0. The Bertz CT molecular complexity index is 758. The number of hydrogen-bond acceptors (Lipinski definition) is 4. The predicted octanol–water partition coefficient (Wildman–Crippen LogP) is 3.76. The molecular weight excluding hydrogens is 334 g/mol. The average molecular weight is 355 g/mol. The molecule has 1 aliphatic carbocycles. The molecular formula is C20H21NO3S. The fourth-order valence-electron chi connectivity index (χ4n) is 3.08. The molecule has 2 aromatic carbocycles. The van der Waals surface area contributed by atoms with Crippen LogP contribution in [0.15, 0.2) is 53.4 Å². The molecule has 5 heteroatoms. The lowest BCUT2D eigenvalue weighted by Gasteiger charge is -2.26. The molecule has 1 N–H and O–H groups in total. The van der Waals surface area contributed by atoms with Crippen LogP contribution in [-0.2, 0) is 16.0 Å². The molecule has 3 rings (SSSR count). The number of esters is 1. The Morgan fingerprint density at radius 1 is 1.16 bits per heavy atom. The van der Waals surface area contributed by atoms with E-state index in [4.69, 9.17) is 4.74 Å². The highest BCUT2D eigenvalue weighted by molar-refractivity contribution is 7.98. The van der Waals surface area contributed by atoms with Crippen LogP contribution < -0.4 is 5.32 Å². The minimum Gasteiger partial charge on any atom is -0.452 e. The molecule has 0 heterocycles. The molecule has 2 aromatic rings. The molecule has 0 spiro atoms. The lowest BCUT2D eigenvalue weighted by molar-refractivity contribution is -0.125. The van der Waals surface area contributed by atoms with Crippen LogP contribution in [0.3, 0.4) is 0 Å². The van der Waals surface area contributed by atoms with Crippen LogP contribution >= 0.6 is 11.8 Å². The van der Waals surface area contributed by atoms with Crippen LogP contribution in [0.4, 0.5) is 0 Å². The van der Waals surface area contributed by atoms with Crippen molar-refractivity contribution in [2.24, 2.45) is 0 Å². The quantitative estimate of drug-likeness (QED) is 0.655. The number of rotatable bonds is 5. The summed E-state index contributed by atoms with van der Waals surface area (Å²) in [4.78, 5) is 25.3. The molecule has 4 nitrogen and oxygen atoms in total. The number of ether oxygens (including phenoxy) is 1. The molecule has 0 bridgehead atoms. The Labute approximate surface area is 152 Å². The van der Waals surface area contributed by atoms with E-state index in [2.05, 4.69) is 17.4 Å². The Morgan fingerprint density at radius 2 is 1.92 bits per heavy atom. The molecule has 0 aromatic heterocycles. The summed E-state index contributed by atoms with van der Waals surface area (Å²) in [7, 11) is 0. The third kappa shape index (κ3) is 4.42. The summed E-state index contributed by atoms with van der Waals surface area (Å²) in [6.45, 7) is -0.262. The topological polar surface area (TPSA) is 55.4 Å². The van der Waals surface area contributed by atoms with Crippen LogP contribution in [0.25, 0.3) is 0 Å². The highest BCUT2D eigenvalue weighted by Gasteiger charge is 2.21. The minimum atomic E-state index is -0.480. The van der Waals surface area contributed by atoms with Crippen molar-refractivity contribution >= 4 is 23.6 Å². The van der Waals surface area contributed by atoms with Crippen molar-refractivity contribution in [2.75, 3.05) is 12.9 Å². The van der Waals surface area contributed by atoms with E-state index in [1.807, 2.05) is 30.5 Å². The number of amides is 1. The largest absolute Gasteiger partial charge is 0.452 e. The maximum atomic E-state index is 12.2. The number of fused-ring (bicyclic) bond motifs is 1. The fraction of sp³-hybridized carbons (Fsp3) is 0.300. The van der Waals surface area contributed by atoms with E-state index < -0.39 is 5.97 Å². The summed E-state index contributed by atoms with van der Waals surface area (Å²) in [6, 6.07) is 15.3. The standard InChI is InChI=1S/C20H21NO3S/c1-25-16-11-9-15(10-12-16)20(23)24-13-19(22)21-18-8-4-6-14-5-2-3-7-17(14)18/h2-3,5,7,9-12,18H,4,6,8,13H2,1H3,(H,21,22)/t18-/m1/s1. The summed E-state index contributed by atoms with van der Waals surface area (Å²) in [6.07, 6.45) is 4.97. The number of carbonyl (C=O) groups excluding carboxylic acids is 2. The zero-order chi connectivity index (χ0) is 17.6. The minimum absolute atomic E-state index is 0.00276. The van der Waals surface area contributed by atoms with E-state index in [1.54, 1.807) is 23.9 Å². The van der Waals surface area contributed by atoms with Gasteiger partial charge >= 0.3 is 5.97 Å². The van der Waals surface area contributed by atoms with Gasteiger partial charge in [-0.2, -0.15) is 0 Å². The molecule has 0 fully saturated rings. The lowest BCUT2D eigenvalue weighted by atomic mass is 9.88. The van der Waals surface area contributed by atoms with E-state index in [0.717, 1.165) is 24.2 Å². The van der Waals surface area contributed by atoms with Gasteiger partial charge in [0, 0.05) is 4.90 Å². The van der Waals surface area contributed by atoms with E-state index >= 15 is 0 Å². The first kappa shape index (κ1) is 17.5. The second-order valence-corrected chi connectivity index (χ2v) is 6.90. The van der Waals surface area contributed by atoms with Gasteiger partial charge < -0.3 is 10.1 Å². The SMILES string of the molecule is CSc1ccc(C(=O)OCC(=O)N[C@@H]2CCCc3ccccc32)cc1. The van der Waals surface area contributed by atoms with Crippen LogP contribution in [0.5, 0.6) is 0 Å². The average Bonchev–Trinajstić information content (AvgIpc) is 2.66. The fourth-order valence-corrected chi connectivity index (χ4v) is 3.49. The maximum absolute atomic E-state index is 12.2. The van der Waals surface area contributed by atoms with Gasteiger partial charge in [0.1, 0.15) is 0 Å². The molecule has 130 valence electrons. The highest BCUT2D eigenvalue weighted by atomic mass is 32.2. The monoisotopic (exact) mass is 355 g/mol. The molecule has 0 saturated carbocycles. The van der Waals surface area contributed by atoms with Crippen molar-refractivity contribution in [3.8, 4) is 0 Å². The van der Waals surface area contributed by atoms with Gasteiger partial charge in [0.2, 0.25) is 0 Å². The van der Waals surface area contributed by atoms with Gasteiger partial charge in [-0.15, -0.1) is 11.8 Å². The van der Waals surface area contributed by atoms with E-state index in [1.165, 1.54) is 11.1 Å². The smallest absolute Gasteiger partial charge is 0.338 e. The maximum Gasteiger partial charge on any atom is 0.338 e. The number of thioether (sulfide) groups is 1. The van der Waals surface area contributed by atoms with E-state index in [-0.39, 0.29) is 18.6 Å². The summed E-state index contributed by atoms with van der Waals surface area (Å²) >= 11 is 1.61. The first-order valence-corrected chi connectivity index (χ1v) is 9.58. The number of benzene rings is 2. The molecule has 1 amide bonds. The predicted molar refractivity (Wildman–Crippen MR) is 98.8 cm³/mol. The van der Waals surface area contributed by atoms with Gasteiger partial charge in [0.05, 0.1) is 11.6 Å². The number of carbonyl (C=O) groups is 2. The van der Waals surface area contributed by atoms with Crippen LogP contribution in [0.2, 0.25) is 0 Å². The second kappa shape index (κ2) is 8.21. The van der Waals surface area contributed by atoms with Gasteiger partial charge in [-0.3, -0.25) is 4.79 Å². The van der Waals surface area contributed by atoms with Crippen molar-refractivity contribution in [1.82, 2.24) is 5.32 Å². The summed E-state index contributed by atoms with van der Waals surface area (Å²) < 4.78 is 5.14. The molecule has 25 heavy (non-hydrogen) atoms. The lowest BCUT2D eigenvalue weighted by Crippen LogP contribution is -2.34. The zero-order valence-electron chi connectivity index (χ0n) is 14.2. The van der Waals surface area contributed by atoms with E-state index in [9.17, 15) is 9.59 Å². The van der Waals surface area contributed by atoms with Crippen LogP contribution in [0, 0.1) is 0 Å². The number of aryl methyl sites for hydroxylation is 1. The molecule has 0 unspecified atom stereocenters. The van der Waals surface area contributed by atoms with Crippen molar-refractivity contribution in [1.29, 1.82) is 0 Å². The second-order valence-electron chi connectivity index (χ2n) is 6.02. The third-order valence-corrected chi connectivity index (χ3v) is 5.11. The highest BCUT2D eigenvalue weighted by Crippen LogP contribution is 2.29. The van der Waals surface area contributed by atoms with Crippen molar-refractivity contribution in [3.05, 3.63) is 65.2 Å². The Balaban J connectivity index is 1.54. The van der Waals surface area contributed by atoms with Crippen LogP contribution in [0.1, 0.15) is 40.4 Å².